The summed E-state index contributed by atoms with van der Waals surface area (Å²) in [7, 11) is 1.70. The highest BCUT2D eigenvalue weighted by Gasteiger charge is 2.36. The number of halogens is 2. The predicted octanol–water partition coefficient (Wildman–Crippen LogP) is 5.45. The average Bonchev–Trinajstić information content (AvgIpc) is 2.89. The van der Waals surface area contributed by atoms with Crippen molar-refractivity contribution in [2.75, 3.05) is 18.0 Å². The van der Waals surface area contributed by atoms with Gasteiger partial charge in [0, 0.05) is 38.3 Å². The van der Waals surface area contributed by atoms with Crippen LogP contribution in [0.1, 0.15) is 31.0 Å². The van der Waals surface area contributed by atoms with E-state index in [4.69, 9.17) is 6.57 Å². The van der Waals surface area contributed by atoms with E-state index in [9.17, 15) is 13.6 Å². The Morgan fingerprint density at radius 2 is 1.70 bits per heavy atom. The molecule has 2 aromatic carbocycles. The zero-order valence-electron chi connectivity index (χ0n) is 20.9. The van der Waals surface area contributed by atoms with Crippen LogP contribution in [0.15, 0.2) is 71.5 Å². The van der Waals surface area contributed by atoms with Crippen LogP contribution in [0.3, 0.4) is 0 Å². The van der Waals surface area contributed by atoms with Gasteiger partial charge < -0.3 is 14.3 Å². The zero-order valence-corrected chi connectivity index (χ0v) is 20.9. The summed E-state index contributed by atoms with van der Waals surface area (Å²) in [4.78, 5) is 25.3. The van der Waals surface area contributed by atoms with Crippen LogP contribution in [0.25, 0.3) is 15.9 Å². The highest BCUT2D eigenvalue weighted by molar-refractivity contribution is 5.89. The second kappa shape index (κ2) is 9.75. The van der Waals surface area contributed by atoms with E-state index in [-0.39, 0.29) is 41.1 Å². The standard InChI is InChI=1S/C29H27F2N5O/c1-18-17-36(29(20-8-10-22(30)11-9-20)21-6-5-7-23(31)14-21)19(2)16-35(18)25-15-27(37)34(4)24-12-13-26(32-3)33-28(24)25/h5-15,18-19,29H,16-17H2,1-2,4H3/t18-,19+,29?/m0/s1. The predicted molar refractivity (Wildman–Crippen MR) is 141 cm³/mol. The highest BCUT2D eigenvalue weighted by atomic mass is 19.1. The molecule has 0 N–H and O–H groups in total. The van der Waals surface area contributed by atoms with Gasteiger partial charge in [-0.25, -0.2) is 8.78 Å². The number of fused-ring (bicyclic) bond motifs is 1. The zero-order chi connectivity index (χ0) is 26.3. The Labute approximate surface area is 214 Å². The third-order valence-electron chi connectivity index (χ3n) is 7.19. The number of hydrogen-bond donors (Lipinski definition) is 0. The van der Waals surface area contributed by atoms with Crippen molar-refractivity contribution in [3.05, 3.63) is 111 Å². The number of benzene rings is 2. The van der Waals surface area contributed by atoms with Crippen molar-refractivity contribution >= 4 is 22.5 Å². The van der Waals surface area contributed by atoms with Gasteiger partial charge in [-0.15, -0.1) is 4.98 Å². The molecule has 37 heavy (non-hydrogen) atoms. The quantitative estimate of drug-likeness (QED) is 0.350. The normalized spacial score (nSPS) is 19.1. The Morgan fingerprint density at radius 1 is 0.946 bits per heavy atom. The monoisotopic (exact) mass is 499 g/mol. The number of aryl methyl sites for hydroxylation is 1. The third kappa shape index (κ3) is 4.58. The Balaban J connectivity index is 1.56. The van der Waals surface area contributed by atoms with E-state index < -0.39 is 0 Å². The lowest BCUT2D eigenvalue weighted by atomic mass is 9.93. The summed E-state index contributed by atoms with van der Waals surface area (Å²) in [6.07, 6.45) is 0. The number of rotatable bonds is 4. The van der Waals surface area contributed by atoms with Crippen LogP contribution < -0.4 is 10.5 Å². The molecule has 0 aliphatic carbocycles. The van der Waals surface area contributed by atoms with Crippen molar-refractivity contribution < 1.29 is 8.78 Å². The van der Waals surface area contributed by atoms with Gasteiger partial charge in [0.25, 0.3) is 11.4 Å². The van der Waals surface area contributed by atoms with Crippen molar-refractivity contribution in [1.29, 1.82) is 0 Å². The molecular weight excluding hydrogens is 472 g/mol. The molecule has 0 amide bonds. The number of aromatic nitrogens is 2. The third-order valence-corrected chi connectivity index (χ3v) is 7.19. The summed E-state index contributed by atoms with van der Waals surface area (Å²) in [5.74, 6) is -0.372. The van der Waals surface area contributed by atoms with Crippen LogP contribution >= 0.6 is 0 Å². The summed E-state index contributed by atoms with van der Waals surface area (Å²) in [6, 6.07) is 17.6. The summed E-state index contributed by atoms with van der Waals surface area (Å²) in [5.41, 5.74) is 3.51. The maximum atomic E-state index is 14.3. The van der Waals surface area contributed by atoms with Crippen LogP contribution in [-0.2, 0) is 7.05 Å². The van der Waals surface area contributed by atoms with Gasteiger partial charge in [-0.2, -0.15) is 0 Å². The Kier molecular flexibility index (Phi) is 6.48. The summed E-state index contributed by atoms with van der Waals surface area (Å²) in [6.45, 7) is 12.8. The fourth-order valence-corrected chi connectivity index (χ4v) is 5.33. The first-order valence-corrected chi connectivity index (χ1v) is 12.2. The van der Waals surface area contributed by atoms with Crippen LogP contribution in [0.4, 0.5) is 20.3 Å². The van der Waals surface area contributed by atoms with Gasteiger partial charge >= 0.3 is 0 Å². The Hall–Kier alpha value is -4.09. The molecule has 3 atom stereocenters. The molecule has 0 spiro atoms. The fourth-order valence-electron chi connectivity index (χ4n) is 5.33. The van der Waals surface area contributed by atoms with Crippen LogP contribution in [0.5, 0.6) is 0 Å². The molecule has 1 aliphatic heterocycles. The lowest BCUT2D eigenvalue weighted by Crippen LogP contribution is -2.57. The number of hydrogen-bond acceptors (Lipinski definition) is 4. The second-order valence-corrected chi connectivity index (χ2v) is 9.63. The van der Waals surface area contributed by atoms with Crippen molar-refractivity contribution in [2.24, 2.45) is 7.05 Å². The van der Waals surface area contributed by atoms with Gasteiger partial charge in [0.05, 0.1) is 17.2 Å². The van der Waals surface area contributed by atoms with Crippen molar-refractivity contribution in [3.63, 3.8) is 0 Å². The largest absolute Gasteiger partial charge is 0.362 e. The van der Waals surface area contributed by atoms with E-state index in [0.717, 1.165) is 11.1 Å². The molecule has 8 heteroatoms. The van der Waals surface area contributed by atoms with E-state index >= 15 is 0 Å². The van der Waals surface area contributed by atoms with E-state index in [2.05, 4.69) is 33.5 Å². The van der Waals surface area contributed by atoms with Gasteiger partial charge in [-0.1, -0.05) is 30.8 Å². The van der Waals surface area contributed by atoms with Gasteiger partial charge in [0.15, 0.2) is 0 Å². The first kappa shape index (κ1) is 24.6. The van der Waals surface area contributed by atoms with Crippen LogP contribution in [-0.4, -0.2) is 39.6 Å². The topological polar surface area (TPSA) is 45.7 Å². The SMILES string of the molecule is [C-]#[N+]c1ccc2c(n1)c(N1C[C@@H](C)N(C(c3ccc(F)cc3)c3cccc(F)c3)C[C@@H]1C)cc(=O)n2C. The average molecular weight is 500 g/mol. The summed E-state index contributed by atoms with van der Waals surface area (Å²) in [5, 5.41) is 0. The van der Waals surface area contributed by atoms with Crippen LogP contribution in [0, 0.1) is 18.2 Å². The van der Waals surface area contributed by atoms with Gasteiger partial charge in [-0.05, 0) is 61.4 Å². The molecule has 0 radical (unpaired) electrons. The summed E-state index contributed by atoms with van der Waals surface area (Å²) >= 11 is 0. The first-order valence-electron chi connectivity index (χ1n) is 12.2. The molecule has 2 aromatic heterocycles. The number of anilines is 1. The molecule has 1 fully saturated rings. The molecule has 4 aromatic rings. The van der Waals surface area contributed by atoms with Crippen molar-refractivity contribution in [2.45, 2.75) is 32.0 Å². The maximum Gasteiger partial charge on any atom is 0.270 e. The molecule has 6 nitrogen and oxygen atoms in total. The van der Waals surface area contributed by atoms with E-state index in [0.29, 0.717) is 29.8 Å². The lowest BCUT2D eigenvalue weighted by molar-refractivity contribution is 0.130. The minimum absolute atomic E-state index is 0.00215. The number of nitrogens with zero attached hydrogens (tertiary/aromatic N) is 5. The minimum Gasteiger partial charge on any atom is -0.362 e. The molecule has 0 bridgehead atoms. The molecule has 1 unspecified atom stereocenters. The highest BCUT2D eigenvalue weighted by Crippen LogP contribution is 2.36. The molecule has 0 saturated carbocycles. The van der Waals surface area contributed by atoms with E-state index in [1.165, 1.54) is 24.3 Å². The minimum atomic E-state index is -0.322. The van der Waals surface area contributed by atoms with Gasteiger partial charge in [0.1, 0.15) is 11.6 Å². The Morgan fingerprint density at radius 3 is 2.41 bits per heavy atom. The number of piperazine rings is 1. The van der Waals surface area contributed by atoms with Crippen molar-refractivity contribution in [1.82, 2.24) is 14.5 Å². The first-order chi connectivity index (χ1) is 17.8. The van der Waals surface area contributed by atoms with Gasteiger partial charge in [-0.3, -0.25) is 9.69 Å². The van der Waals surface area contributed by atoms with E-state index in [1.807, 2.05) is 6.07 Å². The molecule has 1 aliphatic rings. The summed E-state index contributed by atoms with van der Waals surface area (Å²) < 4.78 is 29.6. The Bertz CT molecular complexity index is 1560. The fraction of sp³-hybridized carbons (Fsp3) is 0.276. The van der Waals surface area contributed by atoms with E-state index in [1.54, 1.807) is 48.0 Å². The number of pyridine rings is 2. The molecule has 5 rings (SSSR count). The van der Waals surface area contributed by atoms with Crippen LogP contribution in [0.2, 0.25) is 0 Å². The second-order valence-electron chi connectivity index (χ2n) is 9.63. The molecule has 3 heterocycles. The molecular formula is C29H27F2N5O. The molecule has 188 valence electrons. The smallest absolute Gasteiger partial charge is 0.270 e. The van der Waals surface area contributed by atoms with Gasteiger partial charge in [0.2, 0.25) is 5.52 Å². The maximum absolute atomic E-state index is 14.3. The lowest BCUT2D eigenvalue weighted by Gasteiger charge is -2.48. The molecule has 1 saturated heterocycles. The van der Waals surface area contributed by atoms with Crippen molar-refractivity contribution in [3.8, 4) is 0 Å².